The van der Waals surface area contributed by atoms with Gasteiger partial charge in [0.15, 0.2) is 0 Å². The van der Waals surface area contributed by atoms with Crippen LogP contribution in [0.5, 0.6) is 0 Å². The van der Waals surface area contributed by atoms with E-state index < -0.39 is 0 Å². The molecule has 0 radical (unpaired) electrons. The minimum Gasteiger partial charge on any atom is -0.378 e. The molecule has 0 atom stereocenters. The van der Waals surface area contributed by atoms with Gasteiger partial charge in [0.1, 0.15) is 11.6 Å². The lowest BCUT2D eigenvalue weighted by molar-refractivity contribution is 0.0950. The SMILES string of the molecule is Cc1cc(C(=O)NCc2ccc(N3CCOCC3)nc2)cnc1N1CCc2ncc(-c3cn(C)nc3C)cc2C1. The lowest BCUT2D eigenvalue weighted by atomic mass is 10.0. The molecule has 6 rings (SSSR count). The lowest BCUT2D eigenvalue weighted by Crippen LogP contribution is -2.36. The first kappa shape index (κ1) is 25.9. The molecule has 0 bridgehead atoms. The van der Waals surface area contributed by atoms with E-state index in [-0.39, 0.29) is 5.91 Å². The number of aromatic nitrogens is 5. The molecule has 2 aliphatic heterocycles. The molecule has 1 N–H and O–H groups in total. The summed E-state index contributed by atoms with van der Waals surface area (Å²) in [6.45, 7) is 9.13. The van der Waals surface area contributed by atoms with Gasteiger partial charge in [-0.25, -0.2) is 9.97 Å². The Hall–Kier alpha value is -4.31. The Labute approximate surface area is 234 Å². The zero-order valence-corrected chi connectivity index (χ0v) is 23.2. The molecule has 1 fully saturated rings. The Morgan fingerprint density at radius 2 is 1.85 bits per heavy atom. The van der Waals surface area contributed by atoms with Crippen molar-refractivity contribution in [1.29, 1.82) is 0 Å². The Morgan fingerprint density at radius 1 is 1.00 bits per heavy atom. The van der Waals surface area contributed by atoms with Crippen LogP contribution >= 0.6 is 0 Å². The van der Waals surface area contributed by atoms with Crippen molar-refractivity contribution in [2.24, 2.45) is 7.05 Å². The van der Waals surface area contributed by atoms with Crippen LogP contribution in [0.2, 0.25) is 0 Å². The monoisotopic (exact) mass is 538 g/mol. The fourth-order valence-electron chi connectivity index (χ4n) is 5.45. The van der Waals surface area contributed by atoms with Crippen LogP contribution in [0.15, 0.2) is 49.1 Å². The molecule has 40 heavy (non-hydrogen) atoms. The van der Waals surface area contributed by atoms with Crippen molar-refractivity contribution in [2.45, 2.75) is 33.4 Å². The van der Waals surface area contributed by atoms with Gasteiger partial charge in [-0.1, -0.05) is 6.07 Å². The number of pyridine rings is 3. The molecule has 206 valence electrons. The predicted molar refractivity (Wildman–Crippen MR) is 153 cm³/mol. The van der Waals surface area contributed by atoms with Crippen LogP contribution in [-0.4, -0.2) is 63.5 Å². The molecule has 2 aliphatic rings. The van der Waals surface area contributed by atoms with E-state index in [0.717, 1.165) is 91.1 Å². The average molecular weight is 539 g/mol. The fraction of sp³-hybridized carbons (Fsp3) is 0.367. The quantitative estimate of drug-likeness (QED) is 0.399. The van der Waals surface area contributed by atoms with E-state index >= 15 is 0 Å². The number of hydrogen-bond donors (Lipinski definition) is 1. The second kappa shape index (κ2) is 11.1. The van der Waals surface area contributed by atoms with Gasteiger partial charge in [-0.3, -0.25) is 14.5 Å². The van der Waals surface area contributed by atoms with Gasteiger partial charge in [0.2, 0.25) is 0 Å². The van der Waals surface area contributed by atoms with Gasteiger partial charge in [-0.2, -0.15) is 5.10 Å². The standard InChI is InChI=1S/C30H34N8O2/c1-20-12-24(30(39)34-15-22-4-5-28(32-14-22)37-8-10-40-11-9-37)17-33-29(20)38-7-6-27-25(18-38)13-23(16-31-27)26-19-36(3)35-21(26)2/h4-5,12-14,16-17,19H,6-11,15,18H2,1-3H3,(H,34,39). The van der Waals surface area contributed by atoms with Gasteiger partial charge in [0, 0.05) is 87.8 Å². The summed E-state index contributed by atoms with van der Waals surface area (Å²) < 4.78 is 7.24. The third kappa shape index (κ3) is 5.40. The van der Waals surface area contributed by atoms with Gasteiger partial charge in [0.25, 0.3) is 5.91 Å². The van der Waals surface area contributed by atoms with E-state index in [1.807, 2.05) is 62.4 Å². The molecule has 0 saturated carbocycles. The number of carbonyl (C=O) groups is 1. The van der Waals surface area contributed by atoms with Crippen LogP contribution in [0, 0.1) is 13.8 Å². The highest BCUT2D eigenvalue weighted by atomic mass is 16.5. The van der Waals surface area contributed by atoms with Crippen LogP contribution in [0.25, 0.3) is 11.1 Å². The van der Waals surface area contributed by atoms with Gasteiger partial charge in [0.05, 0.1) is 24.5 Å². The molecule has 1 saturated heterocycles. The minimum absolute atomic E-state index is 0.149. The van der Waals surface area contributed by atoms with Gasteiger partial charge >= 0.3 is 0 Å². The van der Waals surface area contributed by atoms with Crippen molar-refractivity contribution in [3.05, 3.63) is 82.7 Å². The van der Waals surface area contributed by atoms with E-state index in [1.54, 1.807) is 6.20 Å². The van der Waals surface area contributed by atoms with Crippen LogP contribution in [0.4, 0.5) is 11.6 Å². The number of ether oxygens (including phenoxy) is 1. The second-order valence-corrected chi connectivity index (χ2v) is 10.5. The van der Waals surface area contributed by atoms with Crippen molar-refractivity contribution in [3.8, 4) is 11.1 Å². The van der Waals surface area contributed by atoms with Crippen LogP contribution < -0.4 is 15.1 Å². The Balaban J connectivity index is 1.10. The Kier molecular flexibility index (Phi) is 7.17. The number of aryl methyl sites for hydroxylation is 3. The number of nitrogens with one attached hydrogen (secondary N) is 1. The molecule has 6 heterocycles. The zero-order valence-electron chi connectivity index (χ0n) is 23.2. The van der Waals surface area contributed by atoms with Crippen LogP contribution in [-0.2, 0) is 31.3 Å². The van der Waals surface area contributed by atoms with Gasteiger partial charge in [-0.05, 0) is 48.7 Å². The number of hydrogen-bond acceptors (Lipinski definition) is 8. The number of amides is 1. The normalized spacial score (nSPS) is 15.2. The summed E-state index contributed by atoms with van der Waals surface area (Å²) in [5.74, 6) is 1.69. The van der Waals surface area contributed by atoms with Crippen LogP contribution in [0.3, 0.4) is 0 Å². The van der Waals surface area contributed by atoms with Crippen molar-refractivity contribution < 1.29 is 9.53 Å². The first-order valence-electron chi connectivity index (χ1n) is 13.7. The summed E-state index contributed by atoms with van der Waals surface area (Å²) in [6.07, 6.45) is 8.32. The summed E-state index contributed by atoms with van der Waals surface area (Å²) in [4.78, 5) is 31.4. The summed E-state index contributed by atoms with van der Waals surface area (Å²) in [5.41, 5.74) is 7.97. The van der Waals surface area contributed by atoms with E-state index in [0.29, 0.717) is 12.1 Å². The average Bonchev–Trinajstić information content (AvgIpc) is 3.33. The van der Waals surface area contributed by atoms with Crippen molar-refractivity contribution >= 4 is 17.5 Å². The number of anilines is 2. The first-order chi connectivity index (χ1) is 19.4. The molecule has 0 aliphatic carbocycles. The summed E-state index contributed by atoms with van der Waals surface area (Å²) >= 11 is 0. The number of fused-ring (bicyclic) bond motifs is 1. The third-order valence-corrected chi connectivity index (χ3v) is 7.57. The number of rotatable bonds is 6. The van der Waals surface area contributed by atoms with E-state index in [1.165, 1.54) is 5.56 Å². The predicted octanol–water partition coefficient (Wildman–Crippen LogP) is 3.22. The van der Waals surface area contributed by atoms with Crippen LogP contribution in [0.1, 0.15) is 38.4 Å². The molecule has 10 nitrogen and oxygen atoms in total. The first-order valence-corrected chi connectivity index (χ1v) is 13.7. The summed E-state index contributed by atoms with van der Waals surface area (Å²) in [5, 5.41) is 7.47. The fourth-order valence-corrected chi connectivity index (χ4v) is 5.45. The summed E-state index contributed by atoms with van der Waals surface area (Å²) in [7, 11) is 1.93. The Bertz CT molecular complexity index is 1530. The second-order valence-electron chi connectivity index (χ2n) is 10.5. The van der Waals surface area contributed by atoms with Gasteiger partial charge < -0.3 is 19.9 Å². The zero-order chi connectivity index (χ0) is 27.6. The third-order valence-electron chi connectivity index (χ3n) is 7.57. The van der Waals surface area contributed by atoms with Crippen molar-refractivity contribution in [1.82, 2.24) is 30.0 Å². The smallest absolute Gasteiger partial charge is 0.253 e. The highest BCUT2D eigenvalue weighted by Gasteiger charge is 2.22. The molecule has 0 spiro atoms. The maximum Gasteiger partial charge on any atom is 0.253 e. The maximum absolute atomic E-state index is 12.9. The lowest BCUT2D eigenvalue weighted by Gasteiger charge is -2.30. The van der Waals surface area contributed by atoms with Crippen molar-refractivity contribution in [2.75, 3.05) is 42.6 Å². The molecule has 10 heteroatoms. The highest BCUT2D eigenvalue weighted by Crippen LogP contribution is 2.29. The van der Waals surface area contributed by atoms with Crippen molar-refractivity contribution in [3.63, 3.8) is 0 Å². The van der Waals surface area contributed by atoms with Gasteiger partial charge in [-0.15, -0.1) is 0 Å². The highest BCUT2D eigenvalue weighted by molar-refractivity contribution is 5.94. The number of carbonyl (C=O) groups excluding carboxylic acids is 1. The summed E-state index contributed by atoms with van der Waals surface area (Å²) in [6, 6.07) is 8.15. The number of nitrogens with zero attached hydrogens (tertiary/aromatic N) is 7. The molecular formula is C30H34N8O2. The largest absolute Gasteiger partial charge is 0.378 e. The minimum atomic E-state index is -0.149. The molecule has 1 amide bonds. The number of morpholine rings is 1. The van der Waals surface area contributed by atoms with E-state index in [4.69, 9.17) is 14.7 Å². The van der Waals surface area contributed by atoms with E-state index in [2.05, 4.69) is 31.3 Å². The molecule has 0 unspecified atom stereocenters. The molecule has 4 aromatic rings. The Morgan fingerprint density at radius 3 is 2.58 bits per heavy atom. The maximum atomic E-state index is 12.9. The molecular weight excluding hydrogens is 504 g/mol. The molecule has 4 aromatic heterocycles. The molecule has 0 aromatic carbocycles. The van der Waals surface area contributed by atoms with E-state index in [9.17, 15) is 4.79 Å². The topological polar surface area (TPSA) is 101 Å².